The average Bonchev–Trinajstić information content (AvgIpc) is 3.07. The van der Waals surface area contributed by atoms with E-state index in [1.165, 1.54) is 11.3 Å². The van der Waals surface area contributed by atoms with Crippen LogP contribution in [0.1, 0.15) is 31.0 Å². The first-order valence-corrected chi connectivity index (χ1v) is 7.78. The third-order valence-corrected chi connectivity index (χ3v) is 5.40. The Hall–Kier alpha value is -1.92. The number of nitrogens with zero attached hydrogens (tertiary/aromatic N) is 1. The minimum Gasteiger partial charge on any atom is -0.384 e. The zero-order valence-electron chi connectivity index (χ0n) is 11.6. The lowest BCUT2D eigenvalue weighted by atomic mass is 9.83. The van der Waals surface area contributed by atoms with Gasteiger partial charge in [-0.3, -0.25) is 9.89 Å². The first kappa shape index (κ1) is 12.8. The highest BCUT2D eigenvalue weighted by molar-refractivity contribution is 7.22. The number of aliphatic hydroxyl groups is 1. The van der Waals surface area contributed by atoms with Gasteiger partial charge in [0.2, 0.25) is 0 Å². The van der Waals surface area contributed by atoms with Crippen molar-refractivity contribution in [2.24, 2.45) is 0 Å². The number of fused-ring (bicyclic) bond motifs is 3. The number of aryl methyl sites for hydroxylation is 1. The fraction of sp³-hybridized carbons (Fsp3) is 0.333. The first-order valence-electron chi connectivity index (χ1n) is 6.97. The second-order valence-electron chi connectivity index (χ2n) is 5.78. The molecule has 0 fully saturated rings. The fourth-order valence-electron chi connectivity index (χ4n) is 3.15. The van der Waals surface area contributed by atoms with Crippen molar-refractivity contribution in [3.63, 3.8) is 0 Å². The predicted molar refractivity (Wildman–Crippen MR) is 82.5 cm³/mol. The maximum atomic E-state index is 12.3. The first-order chi connectivity index (χ1) is 10.1. The largest absolute Gasteiger partial charge is 0.384 e. The van der Waals surface area contributed by atoms with Gasteiger partial charge in [0.15, 0.2) is 0 Å². The van der Waals surface area contributed by atoms with Gasteiger partial charge in [0.05, 0.1) is 11.9 Å². The van der Waals surface area contributed by atoms with E-state index in [1.807, 2.05) is 12.3 Å². The standard InChI is InChI=1S/C15H15N3O2S/c1-15(20)4-2-3-9-10-5-11(8-6-16-17-7-8)21-12(10)14(19)18-13(9)15/h5-7,20H,2-4H2,1H3,(H,16,17)(H,18,19)/t15-/m0/s1. The molecule has 5 nitrogen and oxygen atoms in total. The van der Waals surface area contributed by atoms with Crippen LogP contribution >= 0.6 is 11.3 Å². The van der Waals surface area contributed by atoms with Crippen LogP contribution in [0.2, 0.25) is 0 Å². The monoisotopic (exact) mass is 301 g/mol. The van der Waals surface area contributed by atoms with Gasteiger partial charge in [-0.1, -0.05) is 0 Å². The van der Waals surface area contributed by atoms with Crippen LogP contribution in [0.3, 0.4) is 0 Å². The molecule has 6 heteroatoms. The molecule has 0 saturated heterocycles. The number of pyridine rings is 1. The normalized spacial score (nSPS) is 21.6. The molecule has 3 heterocycles. The lowest BCUT2D eigenvalue weighted by Crippen LogP contribution is -2.31. The second kappa shape index (κ2) is 4.29. The van der Waals surface area contributed by atoms with Crippen LogP contribution in [0.4, 0.5) is 0 Å². The Kier molecular flexibility index (Phi) is 2.61. The maximum absolute atomic E-state index is 12.3. The molecular formula is C15H15N3O2S. The van der Waals surface area contributed by atoms with Gasteiger partial charge in [0, 0.05) is 22.0 Å². The van der Waals surface area contributed by atoms with Crippen LogP contribution in [0.15, 0.2) is 23.3 Å². The summed E-state index contributed by atoms with van der Waals surface area (Å²) in [4.78, 5) is 16.3. The summed E-state index contributed by atoms with van der Waals surface area (Å²) in [5.41, 5.74) is 1.67. The van der Waals surface area contributed by atoms with Gasteiger partial charge in [-0.25, -0.2) is 0 Å². The van der Waals surface area contributed by atoms with E-state index in [0.29, 0.717) is 12.1 Å². The van der Waals surface area contributed by atoms with E-state index in [9.17, 15) is 9.90 Å². The number of hydrogen-bond donors (Lipinski definition) is 3. The molecule has 0 spiro atoms. The van der Waals surface area contributed by atoms with Crippen molar-refractivity contribution in [2.75, 3.05) is 0 Å². The van der Waals surface area contributed by atoms with Crippen molar-refractivity contribution in [3.05, 3.63) is 40.1 Å². The van der Waals surface area contributed by atoms with E-state index in [-0.39, 0.29) is 5.56 Å². The molecule has 1 atom stereocenters. The van der Waals surface area contributed by atoms with Crippen LogP contribution in [0.25, 0.3) is 20.5 Å². The van der Waals surface area contributed by atoms with Crippen LogP contribution in [0, 0.1) is 0 Å². The van der Waals surface area contributed by atoms with Gasteiger partial charge in [0.25, 0.3) is 5.56 Å². The molecule has 3 N–H and O–H groups in total. The topological polar surface area (TPSA) is 81.8 Å². The highest BCUT2D eigenvalue weighted by atomic mass is 32.1. The van der Waals surface area contributed by atoms with Gasteiger partial charge < -0.3 is 10.1 Å². The van der Waals surface area contributed by atoms with E-state index in [1.54, 1.807) is 13.1 Å². The maximum Gasteiger partial charge on any atom is 0.266 e. The average molecular weight is 301 g/mol. The summed E-state index contributed by atoms with van der Waals surface area (Å²) in [6, 6.07) is 2.04. The summed E-state index contributed by atoms with van der Waals surface area (Å²) in [5.74, 6) is 0. The van der Waals surface area contributed by atoms with E-state index in [0.717, 1.165) is 38.9 Å². The molecule has 0 unspecified atom stereocenters. The molecule has 21 heavy (non-hydrogen) atoms. The van der Waals surface area contributed by atoms with Crippen LogP contribution in [0.5, 0.6) is 0 Å². The Morgan fingerprint density at radius 3 is 3.10 bits per heavy atom. The van der Waals surface area contributed by atoms with Crippen LogP contribution < -0.4 is 5.56 Å². The molecule has 1 aliphatic rings. The van der Waals surface area contributed by atoms with Gasteiger partial charge >= 0.3 is 0 Å². The number of nitrogens with one attached hydrogen (secondary N) is 2. The minimum absolute atomic E-state index is 0.120. The predicted octanol–water partition coefficient (Wildman–Crippen LogP) is 2.52. The number of aromatic nitrogens is 3. The number of hydrogen-bond acceptors (Lipinski definition) is 4. The van der Waals surface area contributed by atoms with Crippen molar-refractivity contribution in [1.82, 2.24) is 15.2 Å². The zero-order chi connectivity index (χ0) is 14.6. The van der Waals surface area contributed by atoms with Crippen molar-refractivity contribution >= 4 is 21.4 Å². The van der Waals surface area contributed by atoms with Gasteiger partial charge in [-0.15, -0.1) is 11.3 Å². The van der Waals surface area contributed by atoms with E-state index in [2.05, 4.69) is 15.2 Å². The lowest BCUT2D eigenvalue weighted by Gasteiger charge is -2.30. The summed E-state index contributed by atoms with van der Waals surface area (Å²) < 4.78 is 0.725. The number of aromatic amines is 2. The summed E-state index contributed by atoms with van der Waals surface area (Å²) >= 11 is 1.47. The molecular weight excluding hydrogens is 286 g/mol. The number of thiophene rings is 1. The minimum atomic E-state index is -0.946. The fourth-order valence-corrected chi connectivity index (χ4v) is 4.21. The van der Waals surface area contributed by atoms with E-state index < -0.39 is 5.60 Å². The van der Waals surface area contributed by atoms with Crippen LogP contribution in [-0.4, -0.2) is 20.3 Å². The SMILES string of the molecule is C[C@]1(O)CCCc2c1[nH]c(=O)c1sc(-c3cn[nH]c3)cc21. The van der Waals surface area contributed by atoms with Gasteiger partial charge in [-0.05, 0) is 37.8 Å². The molecule has 0 aliphatic heterocycles. The Morgan fingerprint density at radius 2 is 2.33 bits per heavy atom. The Balaban J connectivity index is 2.04. The zero-order valence-corrected chi connectivity index (χ0v) is 12.4. The van der Waals surface area contributed by atoms with Crippen molar-refractivity contribution < 1.29 is 5.11 Å². The Labute approximate surface area is 124 Å². The van der Waals surface area contributed by atoms with Crippen molar-refractivity contribution in [2.45, 2.75) is 31.8 Å². The Bertz CT molecular complexity index is 874. The summed E-state index contributed by atoms with van der Waals surface area (Å²) in [6.07, 6.45) is 6.07. The number of H-pyrrole nitrogens is 2. The molecule has 0 aromatic carbocycles. The number of rotatable bonds is 1. The van der Waals surface area contributed by atoms with Gasteiger partial charge in [0.1, 0.15) is 10.3 Å². The third-order valence-electron chi connectivity index (χ3n) is 4.22. The van der Waals surface area contributed by atoms with Gasteiger partial charge in [-0.2, -0.15) is 5.10 Å². The molecule has 0 saturated carbocycles. The highest BCUT2D eigenvalue weighted by Crippen LogP contribution is 2.39. The summed E-state index contributed by atoms with van der Waals surface area (Å²) in [7, 11) is 0. The van der Waals surface area contributed by atoms with Crippen molar-refractivity contribution in [3.8, 4) is 10.4 Å². The smallest absolute Gasteiger partial charge is 0.266 e. The Morgan fingerprint density at radius 1 is 1.48 bits per heavy atom. The quantitative estimate of drug-likeness (QED) is 0.646. The second-order valence-corrected chi connectivity index (χ2v) is 6.83. The molecule has 1 aliphatic carbocycles. The third kappa shape index (κ3) is 1.86. The molecule has 3 aromatic rings. The molecule has 0 bridgehead atoms. The van der Waals surface area contributed by atoms with E-state index >= 15 is 0 Å². The highest BCUT2D eigenvalue weighted by Gasteiger charge is 2.32. The summed E-state index contributed by atoms with van der Waals surface area (Å²) in [5, 5.41) is 18.2. The van der Waals surface area contributed by atoms with Crippen LogP contribution in [-0.2, 0) is 12.0 Å². The summed E-state index contributed by atoms with van der Waals surface area (Å²) in [6.45, 7) is 1.77. The molecule has 0 amide bonds. The molecule has 3 aromatic heterocycles. The lowest BCUT2D eigenvalue weighted by molar-refractivity contribution is 0.0341. The molecule has 4 rings (SSSR count). The van der Waals surface area contributed by atoms with E-state index in [4.69, 9.17) is 0 Å². The van der Waals surface area contributed by atoms with Crippen molar-refractivity contribution in [1.29, 1.82) is 0 Å². The molecule has 108 valence electrons. The molecule has 0 radical (unpaired) electrons.